The van der Waals surface area contributed by atoms with E-state index in [-0.39, 0.29) is 0 Å². The van der Waals surface area contributed by atoms with E-state index in [9.17, 15) is 0 Å². The SMILES string of the molecule is Brc1ccc(Cc2nc3ncccc3o2)cc1. The Hall–Kier alpha value is -1.68. The summed E-state index contributed by atoms with van der Waals surface area (Å²) in [5.41, 5.74) is 2.57. The van der Waals surface area contributed by atoms with Crippen LogP contribution >= 0.6 is 15.9 Å². The van der Waals surface area contributed by atoms with Crippen molar-refractivity contribution in [2.45, 2.75) is 6.42 Å². The highest BCUT2D eigenvalue weighted by Gasteiger charge is 2.06. The van der Waals surface area contributed by atoms with Gasteiger partial charge < -0.3 is 4.42 Å². The van der Waals surface area contributed by atoms with Crippen LogP contribution in [0.2, 0.25) is 0 Å². The maximum absolute atomic E-state index is 5.62. The quantitative estimate of drug-likeness (QED) is 0.724. The third-order valence-electron chi connectivity index (χ3n) is 2.48. The maximum Gasteiger partial charge on any atom is 0.201 e. The Balaban J connectivity index is 1.92. The largest absolute Gasteiger partial charge is 0.439 e. The van der Waals surface area contributed by atoms with Gasteiger partial charge in [-0.2, -0.15) is 4.98 Å². The predicted octanol–water partition coefficient (Wildman–Crippen LogP) is 3.58. The van der Waals surface area contributed by atoms with Crippen LogP contribution < -0.4 is 0 Å². The van der Waals surface area contributed by atoms with Gasteiger partial charge in [-0.05, 0) is 29.8 Å². The summed E-state index contributed by atoms with van der Waals surface area (Å²) in [5.74, 6) is 0.695. The van der Waals surface area contributed by atoms with Gasteiger partial charge in [-0.15, -0.1) is 0 Å². The Labute approximate surface area is 107 Å². The van der Waals surface area contributed by atoms with Crippen molar-refractivity contribution in [1.82, 2.24) is 9.97 Å². The number of fused-ring (bicyclic) bond motifs is 1. The van der Waals surface area contributed by atoms with Gasteiger partial charge in [-0.3, -0.25) is 0 Å². The molecule has 0 spiro atoms. The summed E-state index contributed by atoms with van der Waals surface area (Å²) in [6.45, 7) is 0. The molecule has 84 valence electrons. The standard InChI is InChI=1S/C13H9BrN2O/c14-10-5-3-9(4-6-10)8-12-16-13-11(17-12)2-1-7-15-13/h1-7H,8H2. The van der Waals surface area contributed by atoms with Crippen LogP contribution in [0.1, 0.15) is 11.5 Å². The van der Waals surface area contributed by atoms with Crippen LogP contribution in [-0.2, 0) is 6.42 Å². The predicted molar refractivity (Wildman–Crippen MR) is 68.8 cm³/mol. The van der Waals surface area contributed by atoms with Crippen molar-refractivity contribution in [3.63, 3.8) is 0 Å². The second kappa shape index (κ2) is 4.30. The van der Waals surface area contributed by atoms with Gasteiger partial charge in [-0.25, -0.2) is 4.98 Å². The third-order valence-corrected chi connectivity index (χ3v) is 3.01. The highest BCUT2D eigenvalue weighted by molar-refractivity contribution is 9.10. The van der Waals surface area contributed by atoms with Gasteiger partial charge in [-0.1, -0.05) is 28.1 Å². The summed E-state index contributed by atoms with van der Waals surface area (Å²) in [5, 5.41) is 0. The molecule has 3 rings (SSSR count). The Morgan fingerprint density at radius 3 is 2.71 bits per heavy atom. The monoisotopic (exact) mass is 288 g/mol. The second-order valence-electron chi connectivity index (χ2n) is 3.74. The molecule has 4 heteroatoms. The minimum atomic E-state index is 0.666. The minimum Gasteiger partial charge on any atom is -0.439 e. The van der Waals surface area contributed by atoms with E-state index in [1.165, 1.54) is 5.56 Å². The van der Waals surface area contributed by atoms with Crippen molar-refractivity contribution in [1.29, 1.82) is 0 Å². The average molecular weight is 289 g/mol. The van der Waals surface area contributed by atoms with E-state index in [4.69, 9.17) is 4.42 Å². The molecule has 2 heterocycles. The molecule has 0 unspecified atom stereocenters. The lowest BCUT2D eigenvalue weighted by atomic mass is 10.1. The van der Waals surface area contributed by atoms with Gasteiger partial charge >= 0.3 is 0 Å². The first-order chi connectivity index (χ1) is 8.31. The molecule has 0 bridgehead atoms. The maximum atomic E-state index is 5.62. The first-order valence-corrected chi connectivity index (χ1v) is 6.05. The van der Waals surface area contributed by atoms with Gasteiger partial charge in [0.15, 0.2) is 11.2 Å². The first kappa shape index (κ1) is 10.5. The van der Waals surface area contributed by atoms with Crippen LogP contribution in [-0.4, -0.2) is 9.97 Å². The lowest BCUT2D eigenvalue weighted by molar-refractivity contribution is 0.544. The number of hydrogen-bond acceptors (Lipinski definition) is 3. The van der Waals surface area contributed by atoms with E-state index in [1.54, 1.807) is 6.20 Å². The van der Waals surface area contributed by atoms with Crippen LogP contribution in [0.15, 0.2) is 51.5 Å². The molecule has 0 fully saturated rings. The summed E-state index contributed by atoms with van der Waals surface area (Å²) in [4.78, 5) is 8.49. The Morgan fingerprint density at radius 1 is 1.12 bits per heavy atom. The topological polar surface area (TPSA) is 38.9 Å². The Kier molecular flexibility index (Phi) is 2.65. The second-order valence-corrected chi connectivity index (χ2v) is 4.65. The Bertz CT molecular complexity index is 613. The summed E-state index contributed by atoms with van der Waals surface area (Å²) in [7, 11) is 0. The zero-order valence-electron chi connectivity index (χ0n) is 8.93. The van der Waals surface area contributed by atoms with E-state index >= 15 is 0 Å². The van der Waals surface area contributed by atoms with Crippen molar-refractivity contribution in [3.05, 3.63) is 58.5 Å². The van der Waals surface area contributed by atoms with E-state index in [0.717, 1.165) is 10.1 Å². The summed E-state index contributed by atoms with van der Waals surface area (Å²) in [6, 6.07) is 11.8. The van der Waals surface area contributed by atoms with Crippen LogP contribution in [0, 0.1) is 0 Å². The molecule has 0 atom stereocenters. The smallest absolute Gasteiger partial charge is 0.201 e. The van der Waals surface area contributed by atoms with E-state index in [2.05, 4.69) is 25.9 Å². The van der Waals surface area contributed by atoms with Crippen LogP contribution in [0.5, 0.6) is 0 Å². The summed E-state index contributed by atoms with van der Waals surface area (Å²) < 4.78 is 6.69. The van der Waals surface area contributed by atoms with Crippen molar-refractivity contribution in [2.75, 3.05) is 0 Å². The van der Waals surface area contributed by atoms with Crippen molar-refractivity contribution in [2.24, 2.45) is 0 Å². The number of aromatic nitrogens is 2. The molecule has 0 saturated heterocycles. The van der Waals surface area contributed by atoms with Gasteiger partial charge in [0.05, 0.1) is 0 Å². The minimum absolute atomic E-state index is 0.666. The zero-order valence-corrected chi connectivity index (χ0v) is 10.5. The molecule has 1 aromatic carbocycles. The molecule has 17 heavy (non-hydrogen) atoms. The van der Waals surface area contributed by atoms with Crippen LogP contribution in [0.4, 0.5) is 0 Å². The number of oxazole rings is 1. The lowest BCUT2D eigenvalue weighted by Gasteiger charge is -1.96. The highest BCUT2D eigenvalue weighted by Crippen LogP contribution is 2.17. The fourth-order valence-electron chi connectivity index (χ4n) is 1.67. The molecule has 0 aliphatic rings. The third kappa shape index (κ3) is 2.22. The van der Waals surface area contributed by atoms with Gasteiger partial charge in [0.25, 0.3) is 0 Å². The van der Waals surface area contributed by atoms with E-state index in [0.29, 0.717) is 18.0 Å². The highest BCUT2D eigenvalue weighted by atomic mass is 79.9. The van der Waals surface area contributed by atoms with E-state index in [1.807, 2.05) is 36.4 Å². The van der Waals surface area contributed by atoms with Crippen LogP contribution in [0.3, 0.4) is 0 Å². The molecule has 2 aromatic heterocycles. The molecule has 0 saturated carbocycles. The molecule has 3 aromatic rings. The first-order valence-electron chi connectivity index (χ1n) is 5.26. The van der Waals surface area contributed by atoms with Crippen LogP contribution in [0.25, 0.3) is 11.2 Å². The molecule has 0 aliphatic carbocycles. The molecular formula is C13H9BrN2O. The van der Waals surface area contributed by atoms with E-state index < -0.39 is 0 Å². The van der Waals surface area contributed by atoms with Gasteiger partial charge in [0.1, 0.15) is 0 Å². The number of halogens is 1. The number of pyridine rings is 1. The van der Waals surface area contributed by atoms with Crippen molar-refractivity contribution >= 4 is 27.2 Å². The zero-order chi connectivity index (χ0) is 11.7. The molecule has 0 aliphatic heterocycles. The number of hydrogen-bond donors (Lipinski definition) is 0. The molecule has 0 N–H and O–H groups in total. The lowest BCUT2D eigenvalue weighted by Crippen LogP contribution is -1.87. The van der Waals surface area contributed by atoms with Crippen molar-refractivity contribution < 1.29 is 4.42 Å². The summed E-state index contributed by atoms with van der Waals surface area (Å²) >= 11 is 3.41. The fourth-order valence-corrected chi connectivity index (χ4v) is 1.93. The number of rotatable bonds is 2. The normalized spacial score (nSPS) is 10.9. The van der Waals surface area contributed by atoms with Gasteiger partial charge in [0.2, 0.25) is 5.89 Å². The number of nitrogens with zero attached hydrogens (tertiary/aromatic N) is 2. The van der Waals surface area contributed by atoms with Crippen molar-refractivity contribution in [3.8, 4) is 0 Å². The fraction of sp³-hybridized carbons (Fsp3) is 0.0769. The molecule has 0 amide bonds. The average Bonchev–Trinajstić information content (AvgIpc) is 2.74. The Morgan fingerprint density at radius 2 is 1.94 bits per heavy atom. The summed E-state index contributed by atoms with van der Waals surface area (Å²) in [6.07, 6.45) is 2.40. The van der Waals surface area contributed by atoms with Gasteiger partial charge in [0, 0.05) is 17.1 Å². The molecular weight excluding hydrogens is 280 g/mol. The molecule has 3 nitrogen and oxygen atoms in total. The number of benzene rings is 1. The molecule has 0 radical (unpaired) electrons.